The molecular formula is C9H8INO4. The Morgan fingerprint density at radius 2 is 2.13 bits per heavy atom. The Morgan fingerprint density at radius 1 is 1.47 bits per heavy atom. The van der Waals surface area contributed by atoms with Crippen molar-refractivity contribution in [3.05, 3.63) is 27.3 Å². The number of primary amides is 1. The highest BCUT2D eigenvalue weighted by atomic mass is 127. The molecule has 0 aromatic heterocycles. The average molecular weight is 321 g/mol. The Bertz CT molecular complexity index is 405. The number of hydrogen-bond donors (Lipinski definition) is 2. The minimum absolute atomic E-state index is 0.0168. The van der Waals surface area contributed by atoms with Crippen molar-refractivity contribution >= 4 is 34.5 Å². The molecule has 80 valence electrons. The van der Waals surface area contributed by atoms with Crippen LogP contribution in [0.3, 0.4) is 0 Å². The molecule has 6 heteroatoms. The van der Waals surface area contributed by atoms with Gasteiger partial charge in [-0.2, -0.15) is 0 Å². The highest BCUT2D eigenvalue weighted by molar-refractivity contribution is 14.1. The van der Waals surface area contributed by atoms with Gasteiger partial charge in [-0.3, -0.25) is 4.79 Å². The summed E-state index contributed by atoms with van der Waals surface area (Å²) in [4.78, 5) is 21.7. The number of esters is 1. The van der Waals surface area contributed by atoms with E-state index in [0.717, 1.165) is 3.57 Å². The molecule has 0 heterocycles. The Labute approximate surface area is 99.4 Å². The maximum Gasteiger partial charge on any atom is 0.342 e. The number of halogens is 1. The number of rotatable bonds is 3. The molecule has 5 nitrogen and oxygen atoms in total. The van der Waals surface area contributed by atoms with Gasteiger partial charge in [-0.05, 0) is 40.8 Å². The summed E-state index contributed by atoms with van der Waals surface area (Å²) >= 11 is 1.99. The van der Waals surface area contributed by atoms with Crippen molar-refractivity contribution in [3.8, 4) is 5.75 Å². The van der Waals surface area contributed by atoms with E-state index >= 15 is 0 Å². The average Bonchev–Trinajstić information content (AvgIpc) is 2.18. The number of ether oxygens (including phenoxy) is 1. The normalized spacial score (nSPS) is 9.67. The van der Waals surface area contributed by atoms with Crippen molar-refractivity contribution < 1.29 is 19.4 Å². The number of carbonyl (C=O) groups is 2. The molecule has 3 N–H and O–H groups in total. The van der Waals surface area contributed by atoms with Crippen LogP contribution in [0.25, 0.3) is 0 Å². The van der Waals surface area contributed by atoms with Crippen LogP contribution in [0.4, 0.5) is 0 Å². The maximum atomic E-state index is 11.3. The van der Waals surface area contributed by atoms with Crippen molar-refractivity contribution in [2.24, 2.45) is 5.73 Å². The predicted molar refractivity (Wildman–Crippen MR) is 60.3 cm³/mol. The zero-order valence-electron chi connectivity index (χ0n) is 7.57. The van der Waals surface area contributed by atoms with E-state index in [0.29, 0.717) is 0 Å². The smallest absolute Gasteiger partial charge is 0.342 e. The van der Waals surface area contributed by atoms with Gasteiger partial charge < -0.3 is 15.6 Å². The number of aromatic hydroxyl groups is 1. The Hall–Kier alpha value is -1.31. The van der Waals surface area contributed by atoms with E-state index in [1.165, 1.54) is 12.1 Å². The van der Waals surface area contributed by atoms with Crippen LogP contribution in [0.5, 0.6) is 5.75 Å². The summed E-state index contributed by atoms with van der Waals surface area (Å²) in [5.41, 5.74) is 4.82. The maximum absolute atomic E-state index is 11.3. The lowest BCUT2D eigenvalue weighted by atomic mass is 10.2. The number of carbonyl (C=O) groups excluding carboxylic acids is 2. The molecule has 0 spiro atoms. The SMILES string of the molecule is NC(=O)COC(=O)c1cc(I)ccc1O. The van der Waals surface area contributed by atoms with Gasteiger partial charge in [-0.1, -0.05) is 0 Å². The van der Waals surface area contributed by atoms with Crippen LogP contribution < -0.4 is 5.73 Å². The molecule has 1 aromatic carbocycles. The summed E-state index contributed by atoms with van der Waals surface area (Å²) < 4.78 is 5.32. The molecule has 0 aliphatic heterocycles. The quantitative estimate of drug-likeness (QED) is 0.631. The lowest BCUT2D eigenvalue weighted by Crippen LogP contribution is -2.21. The molecule has 0 aliphatic rings. The highest BCUT2D eigenvalue weighted by Crippen LogP contribution is 2.20. The van der Waals surface area contributed by atoms with Crippen molar-refractivity contribution in [2.75, 3.05) is 6.61 Å². The third-order valence-corrected chi connectivity index (χ3v) is 2.20. The molecule has 0 radical (unpaired) electrons. The van der Waals surface area contributed by atoms with Crippen molar-refractivity contribution in [1.29, 1.82) is 0 Å². The number of nitrogens with two attached hydrogens (primary N) is 1. The Kier molecular flexibility index (Phi) is 3.89. The molecule has 0 saturated carbocycles. The van der Waals surface area contributed by atoms with Gasteiger partial charge in [0.05, 0.1) is 0 Å². The van der Waals surface area contributed by atoms with Gasteiger partial charge in [0.15, 0.2) is 6.61 Å². The van der Waals surface area contributed by atoms with Crippen LogP contribution in [-0.4, -0.2) is 23.6 Å². The van der Waals surface area contributed by atoms with Gasteiger partial charge in [0.2, 0.25) is 0 Å². The van der Waals surface area contributed by atoms with Gasteiger partial charge in [0.1, 0.15) is 11.3 Å². The monoisotopic (exact) mass is 321 g/mol. The number of benzene rings is 1. The first-order valence-corrected chi connectivity index (χ1v) is 5.02. The van der Waals surface area contributed by atoms with E-state index < -0.39 is 18.5 Å². The Morgan fingerprint density at radius 3 is 2.73 bits per heavy atom. The lowest BCUT2D eigenvalue weighted by Gasteiger charge is -2.04. The zero-order chi connectivity index (χ0) is 11.4. The third kappa shape index (κ3) is 3.39. The van der Waals surface area contributed by atoms with Gasteiger partial charge in [0, 0.05) is 3.57 Å². The molecule has 1 aromatic rings. The minimum Gasteiger partial charge on any atom is -0.507 e. The first-order valence-electron chi connectivity index (χ1n) is 3.94. The second-order valence-corrected chi connectivity index (χ2v) is 3.95. The number of hydrogen-bond acceptors (Lipinski definition) is 4. The van der Waals surface area contributed by atoms with Crippen molar-refractivity contribution in [2.45, 2.75) is 0 Å². The van der Waals surface area contributed by atoms with Crippen LogP contribution in [0.2, 0.25) is 0 Å². The molecule has 1 rings (SSSR count). The lowest BCUT2D eigenvalue weighted by molar-refractivity contribution is -0.121. The molecule has 0 atom stereocenters. The number of phenolic OH excluding ortho intramolecular Hbond substituents is 1. The van der Waals surface area contributed by atoms with Crippen LogP contribution >= 0.6 is 22.6 Å². The van der Waals surface area contributed by atoms with Gasteiger partial charge >= 0.3 is 5.97 Å². The molecular weight excluding hydrogens is 313 g/mol. The van der Waals surface area contributed by atoms with E-state index in [-0.39, 0.29) is 11.3 Å². The van der Waals surface area contributed by atoms with E-state index in [1.54, 1.807) is 6.07 Å². The Balaban J connectivity index is 2.81. The summed E-state index contributed by atoms with van der Waals surface area (Å²) in [6.45, 7) is -0.496. The van der Waals surface area contributed by atoms with Gasteiger partial charge in [-0.25, -0.2) is 4.79 Å². The molecule has 0 bridgehead atoms. The summed E-state index contributed by atoms with van der Waals surface area (Å²) in [6.07, 6.45) is 0. The molecule has 0 aliphatic carbocycles. The molecule has 0 fully saturated rings. The summed E-state index contributed by atoms with van der Waals surface area (Å²) in [6, 6.07) is 4.47. The number of phenols is 1. The topological polar surface area (TPSA) is 89.6 Å². The largest absolute Gasteiger partial charge is 0.507 e. The van der Waals surface area contributed by atoms with E-state index in [4.69, 9.17) is 5.73 Å². The third-order valence-electron chi connectivity index (χ3n) is 1.52. The molecule has 0 saturated heterocycles. The minimum atomic E-state index is -0.773. The van der Waals surface area contributed by atoms with E-state index in [2.05, 4.69) is 4.74 Å². The molecule has 15 heavy (non-hydrogen) atoms. The first kappa shape index (κ1) is 11.8. The molecule has 1 amide bonds. The van der Waals surface area contributed by atoms with Crippen molar-refractivity contribution in [3.63, 3.8) is 0 Å². The first-order chi connectivity index (χ1) is 7.00. The van der Waals surface area contributed by atoms with Crippen LogP contribution in [0.15, 0.2) is 18.2 Å². The van der Waals surface area contributed by atoms with Crippen LogP contribution in [-0.2, 0) is 9.53 Å². The fraction of sp³-hybridized carbons (Fsp3) is 0.111. The van der Waals surface area contributed by atoms with Crippen molar-refractivity contribution in [1.82, 2.24) is 0 Å². The zero-order valence-corrected chi connectivity index (χ0v) is 9.72. The van der Waals surface area contributed by atoms with Crippen LogP contribution in [0, 0.1) is 3.57 Å². The van der Waals surface area contributed by atoms with Crippen LogP contribution in [0.1, 0.15) is 10.4 Å². The van der Waals surface area contributed by atoms with Gasteiger partial charge in [-0.15, -0.1) is 0 Å². The standard InChI is InChI=1S/C9H8INO4/c10-5-1-2-7(12)6(3-5)9(14)15-4-8(11)13/h1-3,12H,4H2,(H2,11,13). The van der Waals surface area contributed by atoms with Gasteiger partial charge in [0.25, 0.3) is 5.91 Å². The second-order valence-electron chi connectivity index (χ2n) is 2.70. The summed E-state index contributed by atoms with van der Waals surface area (Å²) in [5, 5.41) is 9.35. The highest BCUT2D eigenvalue weighted by Gasteiger charge is 2.13. The predicted octanol–water partition coefficient (Wildman–Crippen LogP) is 0.639. The molecule has 0 unspecified atom stereocenters. The van der Waals surface area contributed by atoms with E-state index in [1.807, 2.05) is 22.6 Å². The summed E-state index contributed by atoms with van der Waals surface area (Å²) in [5.74, 6) is -1.71. The number of amides is 1. The summed E-state index contributed by atoms with van der Waals surface area (Å²) in [7, 11) is 0. The van der Waals surface area contributed by atoms with E-state index in [9.17, 15) is 14.7 Å². The fourth-order valence-corrected chi connectivity index (χ4v) is 1.38. The fourth-order valence-electron chi connectivity index (χ4n) is 0.886. The second kappa shape index (κ2) is 4.96.